The van der Waals surface area contributed by atoms with Gasteiger partial charge in [-0.25, -0.2) is 4.79 Å². The van der Waals surface area contributed by atoms with Gasteiger partial charge in [0.05, 0.1) is 17.1 Å². The number of carbonyl (C=O) groups is 1. The molecule has 148 valence electrons. The highest BCUT2D eigenvalue weighted by atomic mass is 16.6. The van der Waals surface area contributed by atoms with E-state index in [-0.39, 0.29) is 17.9 Å². The molecule has 8 nitrogen and oxygen atoms in total. The van der Waals surface area contributed by atoms with Crippen LogP contribution in [0.1, 0.15) is 58.0 Å². The van der Waals surface area contributed by atoms with Crippen molar-refractivity contribution < 1.29 is 14.1 Å². The minimum Gasteiger partial charge on any atom is -0.444 e. The molecule has 0 atom stereocenters. The molecule has 0 aliphatic carbocycles. The summed E-state index contributed by atoms with van der Waals surface area (Å²) < 4.78 is 12.6. The number of rotatable bonds is 3. The Kier molecular flexibility index (Phi) is 4.36. The zero-order chi connectivity index (χ0) is 20.1. The zero-order valence-electron chi connectivity index (χ0n) is 16.8. The highest BCUT2D eigenvalue weighted by molar-refractivity contribution is 5.83. The van der Waals surface area contributed by atoms with Crippen molar-refractivity contribution in [2.75, 3.05) is 13.1 Å². The van der Waals surface area contributed by atoms with E-state index in [2.05, 4.69) is 30.1 Å². The van der Waals surface area contributed by atoms with Gasteiger partial charge in [-0.3, -0.25) is 0 Å². The van der Waals surface area contributed by atoms with Crippen molar-refractivity contribution in [3.8, 4) is 5.95 Å². The maximum atomic E-state index is 12.1. The van der Waals surface area contributed by atoms with Crippen LogP contribution in [0.3, 0.4) is 0 Å². The van der Waals surface area contributed by atoms with Gasteiger partial charge in [0.2, 0.25) is 5.89 Å². The molecule has 3 aromatic rings. The maximum Gasteiger partial charge on any atom is 0.410 e. The van der Waals surface area contributed by atoms with Crippen LogP contribution in [0.15, 0.2) is 28.8 Å². The van der Waals surface area contributed by atoms with Gasteiger partial charge >= 0.3 is 6.09 Å². The molecule has 1 fully saturated rings. The lowest BCUT2D eigenvalue weighted by Gasteiger charge is -2.37. The minimum absolute atomic E-state index is 0.0140. The number of fused-ring (bicyclic) bond motifs is 1. The third kappa shape index (κ3) is 3.34. The SMILES string of the molecule is CC(C)c1nn(-c2noc(C3CN(C(=O)OC(C)(C)C)C3)n2)c2ccccc12. The lowest BCUT2D eigenvalue weighted by atomic mass is 10.0. The van der Waals surface area contributed by atoms with E-state index in [1.165, 1.54) is 0 Å². The molecule has 28 heavy (non-hydrogen) atoms. The lowest BCUT2D eigenvalue weighted by Crippen LogP contribution is -2.50. The molecule has 8 heteroatoms. The molecule has 4 rings (SSSR count). The number of nitrogens with zero attached hydrogens (tertiary/aromatic N) is 5. The van der Waals surface area contributed by atoms with Gasteiger partial charge in [0.15, 0.2) is 0 Å². The summed E-state index contributed by atoms with van der Waals surface area (Å²) in [6, 6.07) is 8.02. The number of benzene rings is 1. The molecule has 2 aromatic heterocycles. The molecule has 1 aliphatic rings. The first-order valence-electron chi connectivity index (χ1n) is 9.52. The van der Waals surface area contributed by atoms with E-state index < -0.39 is 5.60 Å². The summed E-state index contributed by atoms with van der Waals surface area (Å²) in [6.45, 7) is 10.8. The summed E-state index contributed by atoms with van der Waals surface area (Å²) in [5.41, 5.74) is 1.44. The van der Waals surface area contributed by atoms with E-state index in [0.717, 1.165) is 16.6 Å². The first kappa shape index (κ1) is 18.5. The van der Waals surface area contributed by atoms with Crippen molar-refractivity contribution in [2.45, 2.75) is 52.1 Å². The average molecular weight is 383 g/mol. The normalized spacial score (nSPS) is 15.3. The Labute approximate surface area is 163 Å². The van der Waals surface area contributed by atoms with Crippen LogP contribution < -0.4 is 0 Å². The Balaban J connectivity index is 1.52. The molecular formula is C20H25N5O3. The topological polar surface area (TPSA) is 86.3 Å². The number of likely N-dealkylation sites (tertiary alicyclic amines) is 1. The Bertz CT molecular complexity index is 1010. The summed E-state index contributed by atoms with van der Waals surface area (Å²) >= 11 is 0. The number of carbonyl (C=O) groups excluding carboxylic acids is 1. The monoisotopic (exact) mass is 383 g/mol. The number of aromatic nitrogens is 4. The molecule has 0 radical (unpaired) electrons. The summed E-state index contributed by atoms with van der Waals surface area (Å²) in [5.74, 6) is 1.22. The van der Waals surface area contributed by atoms with Crippen LogP contribution in [0.2, 0.25) is 0 Å². The number of ether oxygens (including phenoxy) is 1. The fourth-order valence-corrected chi connectivity index (χ4v) is 3.26. The second kappa shape index (κ2) is 6.61. The van der Waals surface area contributed by atoms with Gasteiger partial charge in [-0.1, -0.05) is 32.0 Å². The van der Waals surface area contributed by atoms with Gasteiger partial charge in [-0.2, -0.15) is 14.8 Å². The molecule has 0 bridgehead atoms. The second-order valence-corrected chi connectivity index (χ2v) is 8.48. The number of hydrogen-bond donors (Lipinski definition) is 0. The van der Waals surface area contributed by atoms with Gasteiger partial charge in [-0.15, -0.1) is 0 Å². The fourth-order valence-electron chi connectivity index (χ4n) is 3.26. The Hall–Kier alpha value is -2.90. The van der Waals surface area contributed by atoms with Crippen LogP contribution in [0, 0.1) is 0 Å². The Morgan fingerprint density at radius 2 is 1.96 bits per heavy atom. The number of hydrogen-bond acceptors (Lipinski definition) is 6. The summed E-state index contributed by atoms with van der Waals surface area (Å²) in [6.07, 6.45) is -0.317. The third-order valence-electron chi connectivity index (χ3n) is 4.67. The maximum absolute atomic E-state index is 12.1. The van der Waals surface area contributed by atoms with E-state index in [1.54, 1.807) is 9.58 Å². The number of amides is 1. The summed E-state index contributed by atoms with van der Waals surface area (Å²) in [5, 5.41) is 9.91. The van der Waals surface area contributed by atoms with E-state index in [1.807, 2.05) is 39.0 Å². The van der Waals surface area contributed by atoms with E-state index in [4.69, 9.17) is 14.4 Å². The highest BCUT2D eigenvalue weighted by Gasteiger charge is 2.38. The van der Waals surface area contributed by atoms with Gasteiger partial charge in [0.1, 0.15) is 5.60 Å². The van der Waals surface area contributed by atoms with Gasteiger partial charge in [0.25, 0.3) is 5.95 Å². The average Bonchev–Trinajstić information content (AvgIpc) is 3.16. The zero-order valence-corrected chi connectivity index (χ0v) is 16.8. The van der Waals surface area contributed by atoms with E-state index >= 15 is 0 Å². The van der Waals surface area contributed by atoms with Crippen LogP contribution in [-0.4, -0.2) is 49.6 Å². The van der Waals surface area contributed by atoms with Crippen LogP contribution in [0.25, 0.3) is 16.9 Å². The van der Waals surface area contributed by atoms with Crippen molar-refractivity contribution in [2.24, 2.45) is 0 Å². The fraction of sp³-hybridized carbons (Fsp3) is 0.500. The Morgan fingerprint density at radius 3 is 2.64 bits per heavy atom. The smallest absolute Gasteiger partial charge is 0.410 e. The van der Waals surface area contributed by atoms with Crippen molar-refractivity contribution in [1.29, 1.82) is 0 Å². The van der Waals surface area contributed by atoms with Crippen molar-refractivity contribution in [1.82, 2.24) is 24.8 Å². The summed E-state index contributed by atoms with van der Waals surface area (Å²) in [4.78, 5) is 18.3. The van der Waals surface area contributed by atoms with Crippen molar-refractivity contribution in [3.63, 3.8) is 0 Å². The largest absolute Gasteiger partial charge is 0.444 e. The molecular weight excluding hydrogens is 358 g/mol. The predicted molar refractivity (Wildman–Crippen MR) is 104 cm³/mol. The lowest BCUT2D eigenvalue weighted by molar-refractivity contribution is 0.00558. The Morgan fingerprint density at radius 1 is 1.25 bits per heavy atom. The predicted octanol–water partition coefficient (Wildman–Crippen LogP) is 3.87. The number of para-hydroxylation sites is 1. The van der Waals surface area contributed by atoms with Crippen LogP contribution in [0.4, 0.5) is 4.79 Å². The molecule has 1 amide bonds. The van der Waals surface area contributed by atoms with Crippen molar-refractivity contribution >= 4 is 17.0 Å². The van der Waals surface area contributed by atoms with Crippen molar-refractivity contribution in [3.05, 3.63) is 35.9 Å². The molecule has 1 aliphatic heterocycles. The van der Waals surface area contributed by atoms with E-state index in [0.29, 0.717) is 24.9 Å². The molecule has 0 saturated carbocycles. The first-order valence-corrected chi connectivity index (χ1v) is 9.52. The molecule has 3 heterocycles. The quantitative estimate of drug-likeness (QED) is 0.682. The standard InChI is InChI=1S/C20H25N5O3/c1-12(2)16-14-8-6-7-9-15(14)25(22-16)18-21-17(28-23-18)13-10-24(11-13)19(26)27-20(3,4)5/h6-9,12-13H,10-11H2,1-5H3. The second-order valence-electron chi connectivity index (χ2n) is 8.48. The summed E-state index contributed by atoms with van der Waals surface area (Å²) in [7, 11) is 0. The van der Waals surface area contributed by atoms with Gasteiger partial charge in [-0.05, 0) is 37.9 Å². The van der Waals surface area contributed by atoms with E-state index in [9.17, 15) is 4.79 Å². The molecule has 0 N–H and O–H groups in total. The molecule has 1 saturated heterocycles. The van der Waals surface area contributed by atoms with Crippen LogP contribution in [0.5, 0.6) is 0 Å². The third-order valence-corrected chi connectivity index (χ3v) is 4.67. The molecule has 1 aromatic carbocycles. The van der Waals surface area contributed by atoms with Gasteiger partial charge < -0.3 is 14.2 Å². The first-order chi connectivity index (χ1) is 13.2. The van der Waals surface area contributed by atoms with Crippen LogP contribution >= 0.6 is 0 Å². The van der Waals surface area contributed by atoms with Gasteiger partial charge in [0, 0.05) is 18.5 Å². The highest BCUT2D eigenvalue weighted by Crippen LogP contribution is 2.29. The molecule has 0 spiro atoms. The van der Waals surface area contributed by atoms with Crippen LogP contribution in [-0.2, 0) is 4.74 Å². The molecule has 0 unspecified atom stereocenters. The minimum atomic E-state index is -0.505.